The van der Waals surface area contributed by atoms with Gasteiger partial charge in [-0.3, -0.25) is 4.79 Å². The van der Waals surface area contributed by atoms with E-state index < -0.39 is 11.5 Å². The van der Waals surface area contributed by atoms with Gasteiger partial charge in [-0.2, -0.15) is 0 Å². The molecule has 3 atom stereocenters. The molecular formula is C8H13NO2. The van der Waals surface area contributed by atoms with E-state index in [2.05, 4.69) is 12.2 Å². The highest BCUT2D eigenvalue weighted by Gasteiger charge is 2.68. The molecule has 1 saturated carbocycles. The van der Waals surface area contributed by atoms with Crippen LogP contribution in [-0.2, 0) is 4.79 Å². The van der Waals surface area contributed by atoms with E-state index >= 15 is 0 Å². The third kappa shape index (κ3) is 0.601. The number of fused-ring (bicyclic) bond motifs is 1. The molecule has 0 amide bonds. The topological polar surface area (TPSA) is 49.3 Å². The fraction of sp³-hybridized carbons (Fsp3) is 0.875. The van der Waals surface area contributed by atoms with Crippen molar-refractivity contribution in [1.29, 1.82) is 0 Å². The molecule has 1 aliphatic carbocycles. The second-order valence-corrected chi connectivity index (χ2v) is 4.13. The minimum absolute atomic E-state index is 0.0266. The number of carboxylic acid groups (broad SMARTS) is 1. The third-order valence-electron chi connectivity index (χ3n) is 3.68. The third-order valence-corrected chi connectivity index (χ3v) is 3.68. The van der Waals surface area contributed by atoms with E-state index in [9.17, 15) is 4.79 Å². The number of nitrogens with one attached hydrogen (secondary N) is 1. The number of piperidine rings is 1. The van der Waals surface area contributed by atoms with Crippen molar-refractivity contribution in [2.24, 2.45) is 11.3 Å². The lowest BCUT2D eigenvalue weighted by atomic mass is 9.85. The van der Waals surface area contributed by atoms with Gasteiger partial charge in [0, 0.05) is 5.41 Å². The molecule has 3 nitrogen and oxygen atoms in total. The van der Waals surface area contributed by atoms with Crippen molar-refractivity contribution >= 4 is 5.97 Å². The molecule has 0 bridgehead atoms. The van der Waals surface area contributed by atoms with Crippen molar-refractivity contribution in [1.82, 2.24) is 5.32 Å². The first-order valence-electron chi connectivity index (χ1n) is 3.99. The van der Waals surface area contributed by atoms with E-state index in [1.807, 2.05) is 0 Å². The Morgan fingerprint density at radius 3 is 2.45 bits per heavy atom. The number of carbonyl (C=O) groups is 1. The number of hydrogen-bond acceptors (Lipinski definition) is 2. The lowest BCUT2D eigenvalue weighted by molar-refractivity contribution is -0.146. The summed E-state index contributed by atoms with van der Waals surface area (Å²) in [6, 6.07) is 0. The number of aliphatic carboxylic acids is 1. The molecular weight excluding hydrogens is 142 g/mol. The first-order chi connectivity index (χ1) is 5.01. The minimum atomic E-state index is -0.708. The Morgan fingerprint density at radius 2 is 2.27 bits per heavy atom. The summed E-state index contributed by atoms with van der Waals surface area (Å²) >= 11 is 0. The predicted octanol–water partition coefficient (Wildman–Crippen LogP) is 0.459. The van der Waals surface area contributed by atoms with Crippen molar-refractivity contribution in [2.45, 2.75) is 25.8 Å². The standard InChI is InChI=1S/C8H13NO2/c1-7-3-5(7)4-9-8(7,2)6(10)11/h5,9H,3-4H2,1-2H3,(H,10,11). The van der Waals surface area contributed by atoms with Crippen LogP contribution in [0, 0.1) is 11.3 Å². The molecule has 0 aromatic heterocycles. The van der Waals surface area contributed by atoms with Crippen molar-refractivity contribution in [3.8, 4) is 0 Å². The van der Waals surface area contributed by atoms with E-state index in [1.165, 1.54) is 0 Å². The van der Waals surface area contributed by atoms with E-state index in [0.717, 1.165) is 13.0 Å². The lowest BCUT2D eigenvalue weighted by Crippen LogP contribution is -2.51. The Balaban J connectivity index is 2.33. The summed E-state index contributed by atoms with van der Waals surface area (Å²) in [7, 11) is 0. The van der Waals surface area contributed by atoms with Gasteiger partial charge in [-0.25, -0.2) is 0 Å². The van der Waals surface area contributed by atoms with Crippen LogP contribution in [0.5, 0.6) is 0 Å². The molecule has 3 unspecified atom stereocenters. The average Bonchev–Trinajstić information content (AvgIpc) is 2.52. The number of carboxylic acids is 1. The summed E-state index contributed by atoms with van der Waals surface area (Å²) in [6.45, 7) is 4.73. The van der Waals surface area contributed by atoms with Gasteiger partial charge >= 0.3 is 5.97 Å². The fourth-order valence-corrected chi connectivity index (χ4v) is 2.21. The van der Waals surface area contributed by atoms with Crippen LogP contribution >= 0.6 is 0 Å². The van der Waals surface area contributed by atoms with Crippen molar-refractivity contribution in [3.63, 3.8) is 0 Å². The molecule has 0 radical (unpaired) electrons. The fourth-order valence-electron chi connectivity index (χ4n) is 2.21. The Hall–Kier alpha value is -0.570. The van der Waals surface area contributed by atoms with Crippen LogP contribution in [0.25, 0.3) is 0 Å². The Morgan fingerprint density at radius 1 is 1.64 bits per heavy atom. The van der Waals surface area contributed by atoms with Gasteiger partial charge in [0.2, 0.25) is 0 Å². The van der Waals surface area contributed by atoms with E-state index in [-0.39, 0.29) is 5.41 Å². The van der Waals surface area contributed by atoms with Gasteiger partial charge in [0.15, 0.2) is 0 Å². The van der Waals surface area contributed by atoms with Gasteiger partial charge in [-0.1, -0.05) is 6.92 Å². The van der Waals surface area contributed by atoms with Gasteiger partial charge < -0.3 is 10.4 Å². The first-order valence-corrected chi connectivity index (χ1v) is 3.99. The second kappa shape index (κ2) is 1.61. The summed E-state index contributed by atoms with van der Waals surface area (Å²) < 4.78 is 0. The van der Waals surface area contributed by atoms with Crippen LogP contribution < -0.4 is 5.32 Å². The van der Waals surface area contributed by atoms with Crippen LogP contribution in [0.4, 0.5) is 0 Å². The number of hydrogen-bond donors (Lipinski definition) is 2. The maximum Gasteiger partial charge on any atom is 0.324 e. The highest BCUT2D eigenvalue weighted by Crippen LogP contribution is 2.62. The molecule has 2 aliphatic rings. The van der Waals surface area contributed by atoms with Gasteiger partial charge in [0.05, 0.1) is 0 Å². The van der Waals surface area contributed by atoms with Gasteiger partial charge in [0.25, 0.3) is 0 Å². The molecule has 0 aromatic rings. The Kier molecular flexibility index (Phi) is 1.04. The van der Waals surface area contributed by atoms with Crippen LogP contribution in [0.2, 0.25) is 0 Å². The largest absolute Gasteiger partial charge is 0.480 e. The smallest absolute Gasteiger partial charge is 0.324 e. The Bertz CT molecular complexity index is 226. The van der Waals surface area contributed by atoms with Gasteiger partial charge in [-0.05, 0) is 25.8 Å². The summed E-state index contributed by atoms with van der Waals surface area (Å²) in [5.41, 5.74) is -0.642. The van der Waals surface area contributed by atoms with E-state index in [1.54, 1.807) is 6.92 Å². The summed E-state index contributed by atoms with van der Waals surface area (Å²) in [5, 5.41) is 12.0. The Labute approximate surface area is 65.8 Å². The highest BCUT2D eigenvalue weighted by molar-refractivity contribution is 5.81. The molecule has 2 rings (SSSR count). The van der Waals surface area contributed by atoms with E-state index in [4.69, 9.17) is 5.11 Å². The average molecular weight is 155 g/mol. The zero-order valence-electron chi connectivity index (χ0n) is 6.85. The summed E-state index contributed by atoms with van der Waals surface area (Å²) in [4.78, 5) is 10.9. The van der Waals surface area contributed by atoms with Gasteiger partial charge in [0.1, 0.15) is 5.54 Å². The van der Waals surface area contributed by atoms with Crippen LogP contribution in [0.1, 0.15) is 20.3 Å². The predicted molar refractivity (Wildman–Crippen MR) is 40.3 cm³/mol. The minimum Gasteiger partial charge on any atom is -0.480 e. The molecule has 0 spiro atoms. The molecule has 2 N–H and O–H groups in total. The van der Waals surface area contributed by atoms with Gasteiger partial charge in [-0.15, -0.1) is 0 Å². The summed E-state index contributed by atoms with van der Waals surface area (Å²) in [6.07, 6.45) is 1.07. The molecule has 2 fully saturated rings. The molecule has 3 heteroatoms. The number of rotatable bonds is 1. The quantitative estimate of drug-likeness (QED) is 0.578. The molecule has 1 heterocycles. The second-order valence-electron chi connectivity index (χ2n) is 4.13. The molecule has 11 heavy (non-hydrogen) atoms. The van der Waals surface area contributed by atoms with Crippen LogP contribution in [-0.4, -0.2) is 23.2 Å². The summed E-state index contributed by atoms with van der Waals surface area (Å²) in [5.74, 6) is -0.108. The molecule has 1 saturated heterocycles. The molecule has 0 aromatic carbocycles. The monoisotopic (exact) mass is 155 g/mol. The van der Waals surface area contributed by atoms with Crippen molar-refractivity contribution in [2.75, 3.05) is 6.54 Å². The van der Waals surface area contributed by atoms with Crippen molar-refractivity contribution in [3.05, 3.63) is 0 Å². The van der Waals surface area contributed by atoms with Crippen LogP contribution in [0.3, 0.4) is 0 Å². The maximum atomic E-state index is 10.9. The van der Waals surface area contributed by atoms with Crippen molar-refractivity contribution < 1.29 is 9.90 Å². The zero-order chi connectivity index (χ0) is 8.28. The highest BCUT2D eigenvalue weighted by atomic mass is 16.4. The van der Waals surface area contributed by atoms with E-state index in [0.29, 0.717) is 5.92 Å². The first kappa shape index (κ1) is 7.10. The molecule has 1 aliphatic heterocycles. The zero-order valence-corrected chi connectivity index (χ0v) is 6.85. The maximum absolute atomic E-state index is 10.9. The van der Waals surface area contributed by atoms with Crippen LogP contribution in [0.15, 0.2) is 0 Å². The normalized spacial score (nSPS) is 53.8. The lowest BCUT2D eigenvalue weighted by Gasteiger charge is -2.27. The SMILES string of the molecule is CC1(C(=O)O)NCC2CC21C. The molecule has 62 valence electrons.